The number of benzene rings is 4. The quantitative estimate of drug-likeness (QED) is 0.201. The Hall–Kier alpha value is -4.51. The standard InChI is InChI=1S/C33H27F6NO4/c1-20-14-23(30(42)43)12-13-26(20)22-7-5-8-24(16-22)31(17-21-6-4-9-25(15-21)44-33(37,38)39)19-40(18-29(41)32(34,35)36)28-11-3-2-10-27(28)31/h2-16,29,41H,17-19H2,1H3,(H,42,43)/t29-,31?/m1/s1. The molecule has 1 unspecified atom stereocenters. The Morgan fingerprint density at radius 1 is 0.932 bits per heavy atom. The minimum Gasteiger partial charge on any atom is -0.478 e. The van der Waals surface area contributed by atoms with Gasteiger partial charge in [-0.15, -0.1) is 13.2 Å². The van der Waals surface area contributed by atoms with Crippen molar-refractivity contribution in [2.75, 3.05) is 18.0 Å². The van der Waals surface area contributed by atoms with Gasteiger partial charge in [0.05, 0.1) is 12.1 Å². The van der Waals surface area contributed by atoms with Crippen molar-refractivity contribution in [2.24, 2.45) is 0 Å². The molecule has 0 radical (unpaired) electrons. The average molecular weight is 616 g/mol. The molecule has 2 N–H and O–H groups in total. The lowest BCUT2D eigenvalue weighted by Gasteiger charge is -2.33. The van der Waals surface area contributed by atoms with E-state index in [4.69, 9.17) is 0 Å². The number of halogens is 6. The van der Waals surface area contributed by atoms with Gasteiger partial charge in [0.2, 0.25) is 0 Å². The highest BCUT2D eigenvalue weighted by Crippen LogP contribution is 2.48. The number of aliphatic hydroxyl groups excluding tert-OH is 1. The SMILES string of the molecule is Cc1cc(C(=O)O)ccc1-c1cccc(C2(Cc3cccc(OC(F)(F)F)c3)CN(C[C@@H](O)C(F)(F)F)c3ccccc32)c1. The van der Waals surface area contributed by atoms with Gasteiger partial charge in [0.1, 0.15) is 5.75 Å². The highest BCUT2D eigenvalue weighted by Gasteiger charge is 2.47. The normalized spacial score (nSPS) is 17.3. The number of hydrogen-bond donors (Lipinski definition) is 2. The minimum atomic E-state index is -4.91. The Kier molecular flexibility index (Phi) is 8.11. The Labute approximate surface area is 248 Å². The first-order chi connectivity index (χ1) is 20.7. The molecule has 0 fully saturated rings. The number of carboxylic acids is 1. The van der Waals surface area contributed by atoms with Gasteiger partial charge in [-0.3, -0.25) is 0 Å². The van der Waals surface area contributed by atoms with Gasteiger partial charge in [0, 0.05) is 17.6 Å². The van der Waals surface area contributed by atoms with E-state index in [1.165, 1.54) is 35.2 Å². The van der Waals surface area contributed by atoms with Gasteiger partial charge in [-0.25, -0.2) is 4.79 Å². The molecule has 4 aromatic rings. The molecule has 230 valence electrons. The van der Waals surface area contributed by atoms with Crippen molar-refractivity contribution in [2.45, 2.75) is 37.4 Å². The molecule has 0 aromatic heterocycles. The number of carbonyl (C=O) groups is 1. The van der Waals surface area contributed by atoms with Crippen LogP contribution in [0.25, 0.3) is 11.1 Å². The molecule has 1 aliphatic heterocycles. The number of carboxylic acid groups (broad SMARTS) is 1. The van der Waals surface area contributed by atoms with Crippen LogP contribution in [-0.2, 0) is 11.8 Å². The number of alkyl halides is 6. The summed E-state index contributed by atoms with van der Waals surface area (Å²) in [5.41, 5.74) is 3.45. The van der Waals surface area contributed by atoms with Crippen LogP contribution in [0.15, 0.2) is 91.0 Å². The van der Waals surface area contributed by atoms with Crippen LogP contribution in [0.5, 0.6) is 5.75 Å². The second-order valence-electron chi connectivity index (χ2n) is 10.8. The molecule has 5 nitrogen and oxygen atoms in total. The molecule has 4 aromatic carbocycles. The molecule has 2 atom stereocenters. The zero-order chi connectivity index (χ0) is 31.9. The van der Waals surface area contributed by atoms with E-state index in [1.807, 2.05) is 12.1 Å². The van der Waals surface area contributed by atoms with E-state index >= 15 is 0 Å². The number of β-amino-alcohol motifs (C(OH)–C–C–N with tert-alkyl or cyclic N) is 1. The number of para-hydroxylation sites is 1. The summed E-state index contributed by atoms with van der Waals surface area (Å²) in [6.07, 6.45) is -12.3. The van der Waals surface area contributed by atoms with Crippen LogP contribution < -0.4 is 9.64 Å². The summed E-state index contributed by atoms with van der Waals surface area (Å²) in [5.74, 6) is -1.50. The van der Waals surface area contributed by atoms with Crippen LogP contribution in [0.4, 0.5) is 32.0 Å². The molecule has 0 amide bonds. The summed E-state index contributed by atoms with van der Waals surface area (Å²) in [7, 11) is 0. The predicted octanol–water partition coefficient (Wildman–Crippen LogP) is 7.53. The van der Waals surface area contributed by atoms with Gasteiger partial charge in [0.25, 0.3) is 0 Å². The lowest BCUT2D eigenvalue weighted by Crippen LogP contribution is -2.44. The molecule has 0 saturated heterocycles. The van der Waals surface area contributed by atoms with E-state index < -0.39 is 42.3 Å². The fraction of sp³-hybridized carbons (Fsp3) is 0.242. The molecule has 1 heterocycles. The fourth-order valence-electron chi connectivity index (χ4n) is 5.93. The number of anilines is 1. The van der Waals surface area contributed by atoms with Crippen LogP contribution in [0.3, 0.4) is 0 Å². The predicted molar refractivity (Wildman–Crippen MR) is 152 cm³/mol. The Morgan fingerprint density at radius 3 is 2.34 bits per heavy atom. The van der Waals surface area contributed by atoms with Crippen LogP contribution in [0.2, 0.25) is 0 Å². The first-order valence-electron chi connectivity index (χ1n) is 13.5. The molecule has 0 aliphatic carbocycles. The third-order valence-electron chi connectivity index (χ3n) is 7.83. The van der Waals surface area contributed by atoms with Crippen molar-refractivity contribution >= 4 is 11.7 Å². The molecular weight excluding hydrogens is 588 g/mol. The summed E-state index contributed by atoms with van der Waals surface area (Å²) >= 11 is 0. The zero-order valence-corrected chi connectivity index (χ0v) is 23.3. The number of hydrogen-bond acceptors (Lipinski definition) is 4. The summed E-state index contributed by atoms with van der Waals surface area (Å²) in [4.78, 5) is 12.9. The maximum absolute atomic E-state index is 13.5. The van der Waals surface area contributed by atoms with Crippen molar-refractivity contribution in [1.82, 2.24) is 0 Å². The van der Waals surface area contributed by atoms with Crippen molar-refractivity contribution in [1.29, 1.82) is 0 Å². The molecule has 0 bridgehead atoms. The molecule has 0 saturated carbocycles. The Morgan fingerprint density at radius 2 is 1.66 bits per heavy atom. The van der Waals surface area contributed by atoms with Crippen LogP contribution in [-0.4, -0.2) is 47.9 Å². The van der Waals surface area contributed by atoms with Crippen LogP contribution in [0.1, 0.15) is 32.6 Å². The van der Waals surface area contributed by atoms with E-state index in [0.29, 0.717) is 27.9 Å². The third-order valence-corrected chi connectivity index (χ3v) is 7.83. The van der Waals surface area contributed by atoms with Crippen LogP contribution in [0, 0.1) is 6.92 Å². The second kappa shape index (κ2) is 11.5. The fourth-order valence-corrected chi connectivity index (χ4v) is 5.93. The minimum absolute atomic E-state index is 0.00969. The number of ether oxygens (including phenoxy) is 1. The number of aliphatic hydroxyl groups is 1. The zero-order valence-electron chi connectivity index (χ0n) is 23.3. The molecule has 1 aliphatic rings. The summed E-state index contributed by atoms with van der Waals surface area (Å²) in [6.45, 7) is 1.01. The van der Waals surface area contributed by atoms with E-state index in [1.54, 1.807) is 55.5 Å². The smallest absolute Gasteiger partial charge is 0.478 e. The van der Waals surface area contributed by atoms with E-state index in [9.17, 15) is 41.4 Å². The number of rotatable bonds is 8. The lowest BCUT2D eigenvalue weighted by molar-refractivity contribution is -0.274. The van der Waals surface area contributed by atoms with Gasteiger partial charge >= 0.3 is 18.5 Å². The average Bonchev–Trinajstić information content (AvgIpc) is 3.25. The topological polar surface area (TPSA) is 70.0 Å². The second-order valence-corrected chi connectivity index (χ2v) is 10.8. The summed E-state index contributed by atoms with van der Waals surface area (Å²) in [6, 6.07) is 24.2. The van der Waals surface area contributed by atoms with Crippen molar-refractivity contribution in [3.8, 4) is 16.9 Å². The van der Waals surface area contributed by atoms with Crippen molar-refractivity contribution in [3.05, 3.63) is 119 Å². The Bertz CT molecular complexity index is 1690. The lowest BCUT2D eigenvalue weighted by atomic mass is 9.71. The van der Waals surface area contributed by atoms with Crippen molar-refractivity contribution < 1.29 is 46.1 Å². The maximum Gasteiger partial charge on any atom is 0.573 e. The summed E-state index contributed by atoms with van der Waals surface area (Å²) in [5, 5.41) is 19.4. The molecular formula is C33H27F6NO4. The molecule has 0 spiro atoms. The van der Waals surface area contributed by atoms with Gasteiger partial charge in [-0.05, 0) is 77.1 Å². The first kappa shape index (κ1) is 30.9. The highest BCUT2D eigenvalue weighted by molar-refractivity contribution is 5.89. The van der Waals surface area contributed by atoms with Gasteiger partial charge in [0.15, 0.2) is 6.10 Å². The van der Waals surface area contributed by atoms with Crippen LogP contribution >= 0.6 is 0 Å². The monoisotopic (exact) mass is 615 g/mol. The third kappa shape index (κ3) is 6.37. The maximum atomic E-state index is 13.5. The van der Waals surface area contributed by atoms with Crippen molar-refractivity contribution in [3.63, 3.8) is 0 Å². The molecule has 11 heteroatoms. The Balaban J connectivity index is 1.65. The first-order valence-corrected chi connectivity index (χ1v) is 13.5. The van der Waals surface area contributed by atoms with Gasteiger partial charge in [-0.1, -0.05) is 60.7 Å². The number of aryl methyl sites for hydroxylation is 1. The van der Waals surface area contributed by atoms with E-state index in [-0.39, 0.29) is 18.5 Å². The van der Waals surface area contributed by atoms with Gasteiger partial charge < -0.3 is 19.8 Å². The molecule has 5 rings (SSSR count). The van der Waals surface area contributed by atoms with E-state index in [2.05, 4.69) is 4.74 Å². The number of fused-ring (bicyclic) bond motifs is 1. The van der Waals surface area contributed by atoms with Gasteiger partial charge in [-0.2, -0.15) is 13.2 Å². The van der Waals surface area contributed by atoms with E-state index in [0.717, 1.165) is 11.1 Å². The number of nitrogens with zero attached hydrogens (tertiary/aromatic N) is 1. The largest absolute Gasteiger partial charge is 0.573 e. The molecule has 44 heavy (non-hydrogen) atoms. The number of aromatic carboxylic acids is 1. The highest BCUT2D eigenvalue weighted by atomic mass is 19.4. The summed E-state index contributed by atoms with van der Waals surface area (Å²) < 4.78 is 83.6.